The lowest BCUT2D eigenvalue weighted by atomic mass is 9.47. The van der Waals surface area contributed by atoms with Gasteiger partial charge in [0.25, 0.3) is 0 Å². The van der Waals surface area contributed by atoms with Gasteiger partial charge in [-0.1, -0.05) is 65.5 Å². The SMILES string of the molecule is CC(C)CCCC(C)[C@H]1CC[C@H]2[C@@H]3CC=C4C[C@@H](O)CC[C@]4(C)[C@H]3CC[C@]12C.NCCNCCN.O=[PH](O)O[PH](=O)O. The van der Waals surface area contributed by atoms with Crippen LogP contribution in [0, 0.1) is 46.3 Å². The molecule has 9 nitrogen and oxygen atoms in total. The van der Waals surface area contributed by atoms with Gasteiger partial charge < -0.3 is 31.7 Å². The van der Waals surface area contributed by atoms with Gasteiger partial charge in [-0.15, -0.1) is 0 Å². The Bertz CT molecular complexity index is 877. The molecule has 248 valence electrons. The third-order valence-corrected chi connectivity index (χ3v) is 12.5. The number of hydrogen-bond acceptors (Lipinski definition) is 7. The van der Waals surface area contributed by atoms with Crippen molar-refractivity contribution in [3.05, 3.63) is 11.6 Å². The number of rotatable bonds is 11. The summed E-state index contributed by atoms with van der Waals surface area (Å²) < 4.78 is 22.3. The van der Waals surface area contributed by atoms with E-state index in [4.69, 9.17) is 21.3 Å². The molecule has 3 saturated carbocycles. The smallest absolute Gasteiger partial charge is 0.323 e. The number of allylic oxidation sites excluding steroid dienone is 1. The number of hydrogen-bond donors (Lipinski definition) is 6. The van der Waals surface area contributed by atoms with E-state index in [2.05, 4.69) is 50.3 Å². The molecule has 3 fully saturated rings. The molecule has 0 radical (unpaired) electrons. The quantitative estimate of drug-likeness (QED) is 0.0955. The van der Waals surface area contributed by atoms with Crippen molar-refractivity contribution < 1.29 is 28.3 Å². The second kappa shape index (κ2) is 18.2. The van der Waals surface area contributed by atoms with Crippen molar-refractivity contribution in [2.24, 2.45) is 57.8 Å². The van der Waals surface area contributed by atoms with Crippen LogP contribution < -0.4 is 16.8 Å². The normalized spacial score (nSPS) is 35.7. The van der Waals surface area contributed by atoms with Gasteiger partial charge in [0, 0.05) is 26.2 Å². The van der Waals surface area contributed by atoms with Crippen molar-refractivity contribution in [2.45, 2.75) is 111 Å². The van der Waals surface area contributed by atoms with E-state index in [0.29, 0.717) is 23.9 Å². The number of fused-ring (bicyclic) bond motifs is 5. The van der Waals surface area contributed by atoms with Crippen LogP contribution in [-0.2, 0) is 13.4 Å². The highest BCUT2D eigenvalue weighted by atomic mass is 31.2. The Morgan fingerprint density at radius 2 is 1.62 bits per heavy atom. The van der Waals surface area contributed by atoms with E-state index >= 15 is 0 Å². The zero-order valence-corrected chi connectivity index (χ0v) is 28.9. The number of nitrogens with one attached hydrogen (secondary N) is 1. The van der Waals surface area contributed by atoms with Gasteiger partial charge in [-0.25, -0.2) is 4.31 Å². The van der Waals surface area contributed by atoms with Crippen molar-refractivity contribution in [1.29, 1.82) is 0 Å². The molecule has 0 aromatic carbocycles. The fraction of sp³-hybridized carbons (Fsp3) is 0.935. The molecule has 0 aromatic rings. The van der Waals surface area contributed by atoms with Crippen LogP contribution in [0.3, 0.4) is 0 Å². The Hall–Kier alpha value is -0.0800. The molecule has 0 bridgehead atoms. The monoisotopic (exact) mass is 635 g/mol. The molecule has 0 spiro atoms. The second-order valence-corrected chi connectivity index (χ2v) is 16.0. The number of nitrogens with two attached hydrogens (primary N) is 2. The van der Waals surface area contributed by atoms with Gasteiger partial charge in [0.05, 0.1) is 6.10 Å². The van der Waals surface area contributed by atoms with E-state index in [-0.39, 0.29) is 6.10 Å². The van der Waals surface area contributed by atoms with Crippen molar-refractivity contribution in [1.82, 2.24) is 5.32 Å². The fourth-order valence-corrected chi connectivity index (χ4v) is 9.67. The molecular weight excluding hydrogens is 572 g/mol. The van der Waals surface area contributed by atoms with E-state index < -0.39 is 16.5 Å². The molecule has 3 unspecified atom stereocenters. The molecule has 0 amide bonds. The highest BCUT2D eigenvalue weighted by Crippen LogP contribution is 2.67. The van der Waals surface area contributed by atoms with Crippen LogP contribution in [0.2, 0.25) is 0 Å². The highest BCUT2D eigenvalue weighted by molar-refractivity contribution is 7.46. The third kappa shape index (κ3) is 10.5. The molecule has 8 N–H and O–H groups in total. The van der Waals surface area contributed by atoms with Crippen LogP contribution in [0.5, 0.6) is 0 Å². The molecule has 10 atom stereocenters. The first-order valence-corrected chi connectivity index (χ1v) is 18.9. The minimum absolute atomic E-state index is 0.0766. The first-order chi connectivity index (χ1) is 19.8. The Morgan fingerprint density at radius 3 is 2.17 bits per heavy atom. The molecule has 4 rings (SSSR count). The highest BCUT2D eigenvalue weighted by Gasteiger charge is 2.59. The van der Waals surface area contributed by atoms with Gasteiger partial charge in [-0.2, -0.15) is 0 Å². The van der Waals surface area contributed by atoms with Crippen LogP contribution in [0.4, 0.5) is 0 Å². The van der Waals surface area contributed by atoms with Crippen LogP contribution in [0.15, 0.2) is 11.6 Å². The summed E-state index contributed by atoms with van der Waals surface area (Å²) in [5.41, 5.74) is 12.9. The van der Waals surface area contributed by atoms with Gasteiger partial charge in [0.1, 0.15) is 0 Å². The summed E-state index contributed by atoms with van der Waals surface area (Å²) in [5, 5.41) is 13.2. The molecule has 0 aromatic heterocycles. The van der Waals surface area contributed by atoms with Crippen LogP contribution in [-0.4, -0.2) is 47.2 Å². The lowest BCUT2D eigenvalue weighted by Gasteiger charge is -2.58. The van der Waals surface area contributed by atoms with Gasteiger partial charge >= 0.3 is 16.5 Å². The Balaban J connectivity index is 0.000000367. The molecule has 0 saturated heterocycles. The van der Waals surface area contributed by atoms with Crippen molar-refractivity contribution in [3.8, 4) is 0 Å². The fourth-order valence-electron chi connectivity index (χ4n) is 9.07. The third-order valence-electron chi connectivity index (χ3n) is 11.1. The van der Waals surface area contributed by atoms with E-state index in [1.165, 1.54) is 57.8 Å². The Kier molecular flexibility index (Phi) is 16.5. The first-order valence-electron chi connectivity index (χ1n) is 16.4. The molecule has 4 aliphatic carbocycles. The summed E-state index contributed by atoms with van der Waals surface area (Å²) in [7, 11) is -6.40. The summed E-state index contributed by atoms with van der Waals surface area (Å²) in [6.07, 6.45) is 17.2. The maximum atomic E-state index is 10.2. The van der Waals surface area contributed by atoms with Crippen molar-refractivity contribution in [2.75, 3.05) is 26.2 Å². The molecule has 0 aliphatic heterocycles. The molecule has 0 heterocycles. The summed E-state index contributed by atoms with van der Waals surface area (Å²) in [6, 6.07) is 0. The zero-order chi connectivity index (χ0) is 31.5. The van der Waals surface area contributed by atoms with E-state index in [1.807, 2.05) is 0 Å². The van der Waals surface area contributed by atoms with Gasteiger partial charge in [-0.05, 0) is 97.7 Å². The minimum Gasteiger partial charge on any atom is -0.393 e. The average Bonchev–Trinajstić information content (AvgIpc) is 3.26. The van der Waals surface area contributed by atoms with E-state index in [9.17, 15) is 14.2 Å². The lowest BCUT2D eigenvalue weighted by molar-refractivity contribution is -0.0573. The molecule has 4 aliphatic rings. The maximum Gasteiger partial charge on any atom is 0.323 e. The van der Waals surface area contributed by atoms with Crippen molar-refractivity contribution >= 4 is 16.5 Å². The zero-order valence-electron chi connectivity index (χ0n) is 26.9. The Morgan fingerprint density at radius 1 is 0.976 bits per heavy atom. The average molecular weight is 636 g/mol. The molecule has 42 heavy (non-hydrogen) atoms. The van der Waals surface area contributed by atoms with Gasteiger partial charge in [0.15, 0.2) is 0 Å². The lowest BCUT2D eigenvalue weighted by Crippen LogP contribution is -2.50. The summed E-state index contributed by atoms with van der Waals surface area (Å²) >= 11 is 0. The topological polar surface area (TPSA) is 168 Å². The van der Waals surface area contributed by atoms with Gasteiger partial charge in [0.2, 0.25) is 0 Å². The summed E-state index contributed by atoms with van der Waals surface area (Å²) in [4.78, 5) is 15.4. The van der Waals surface area contributed by atoms with E-state index in [1.54, 1.807) is 5.57 Å². The maximum absolute atomic E-state index is 10.2. The van der Waals surface area contributed by atoms with Crippen LogP contribution in [0.25, 0.3) is 0 Å². The van der Waals surface area contributed by atoms with E-state index in [0.717, 1.165) is 61.4 Å². The molecular formula is C31H63N3O6P2. The summed E-state index contributed by atoms with van der Waals surface area (Å²) in [5.74, 6) is 5.46. The number of aliphatic hydroxyl groups is 1. The standard InChI is InChI=1S/C27H46O.C4H13N3.H4O5P2/c1-18(2)7-6-8-19(3)23-11-12-24-22-10-9-20-17-21(28)13-15-26(20,4)25(22)14-16-27(23,24)5;5-1-3-7-4-2-6;1-6(2)5-7(3)4/h9,18-19,21-25,28H,6-8,10-17H2,1-5H3;7H,1-6H2;6-7H,(H,1,2)(H,3,4)/t19?,21-,22-,23+,24-,25-,26-,27+;;/m0../s1. The Labute approximate surface area is 256 Å². The molecule has 11 heteroatoms. The number of aliphatic hydroxyl groups excluding tert-OH is 1. The van der Waals surface area contributed by atoms with Crippen LogP contribution >= 0.6 is 16.5 Å². The summed E-state index contributed by atoms with van der Waals surface area (Å²) in [6.45, 7) is 15.7. The first kappa shape index (κ1) is 38.1. The minimum atomic E-state index is -3.20. The predicted octanol–water partition coefficient (Wildman–Crippen LogP) is 5.65. The van der Waals surface area contributed by atoms with Crippen molar-refractivity contribution in [3.63, 3.8) is 0 Å². The largest absolute Gasteiger partial charge is 0.393 e. The second-order valence-electron chi connectivity index (χ2n) is 14.1. The van der Waals surface area contributed by atoms with Gasteiger partial charge in [-0.3, -0.25) is 9.13 Å². The van der Waals surface area contributed by atoms with Crippen LogP contribution in [0.1, 0.15) is 105 Å². The predicted molar refractivity (Wildman–Crippen MR) is 174 cm³/mol.